The van der Waals surface area contributed by atoms with Crippen molar-refractivity contribution in [3.8, 4) is 11.5 Å². The molecule has 3 fully saturated rings. The van der Waals surface area contributed by atoms with E-state index in [2.05, 4.69) is 59.8 Å². The molecule has 2 saturated carbocycles. The van der Waals surface area contributed by atoms with E-state index < -0.39 is 0 Å². The van der Waals surface area contributed by atoms with Gasteiger partial charge in [-0.15, -0.1) is 0 Å². The molecule has 0 N–H and O–H groups in total. The lowest BCUT2D eigenvalue weighted by atomic mass is 9.94. The third kappa shape index (κ3) is 7.20. The number of amidine groups is 1. The van der Waals surface area contributed by atoms with Gasteiger partial charge >= 0.3 is 0 Å². The van der Waals surface area contributed by atoms with E-state index in [9.17, 15) is 4.79 Å². The summed E-state index contributed by atoms with van der Waals surface area (Å²) in [6, 6.07) is 13.1. The van der Waals surface area contributed by atoms with Crippen LogP contribution in [-0.2, 0) is 11.4 Å². The predicted octanol–water partition coefficient (Wildman–Crippen LogP) is 8.52. The van der Waals surface area contributed by atoms with Gasteiger partial charge in [-0.25, -0.2) is 0 Å². The maximum Gasteiger partial charge on any atom is 0.266 e. The van der Waals surface area contributed by atoms with Gasteiger partial charge in [-0.05, 0) is 103 Å². The molecule has 3 aliphatic rings. The Morgan fingerprint density at radius 3 is 2.38 bits per heavy atom. The minimum absolute atomic E-state index is 0.106. The number of ether oxygens (including phenoxy) is 2. The minimum Gasteiger partial charge on any atom is -0.490 e. The highest BCUT2D eigenvalue weighted by molar-refractivity contribution is 14.1. The van der Waals surface area contributed by atoms with Crippen molar-refractivity contribution in [2.75, 3.05) is 6.61 Å². The fourth-order valence-electron chi connectivity index (χ4n) is 5.67. The molecule has 5 rings (SSSR count). The van der Waals surface area contributed by atoms with Gasteiger partial charge in [-0.1, -0.05) is 68.4 Å². The molecule has 0 aromatic heterocycles. The molecule has 5 nitrogen and oxygen atoms in total. The van der Waals surface area contributed by atoms with E-state index in [1.807, 2.05) is 24.0 Å². The summed E-state index contributed by atoms with van der Waals surface area (Å²) >= 11 is 3.87. The summed E-state index contributed by atoms with van der Waals surface area (Å²) < 4.78 is 13.2. The molecule has 39 heavy (non-hydrogen) atoms. The number of hydrogen-bond donors (Lipinski definition) is 0. The summed E-state index contributed by atoms with van der Waals surface area (Å²) in [6.07, 6.45) is 13.9. The van der Waals surface area contributed by atoms with E-state index in [0.29, 0.717) is 25.0 Å². The molecule has 0 radical (unpaired) electrons. The van der Waals surface area contributed by atoms with E-state index in [1.165, 1.54) is 44.1 Å². The molecular weight excluding hydrogens is 619 g/mol. The van der Waals surface area contributed by atoms with Crippen LogP contribution in [0.2, 0.25) is 0 Å². The standard InChI is InChI=1S/C32H39IN2O3S/c1-3-37-28-19-24(18-27(33)30(28)38-21-23-16-14-22(2)15-17-23)20-29-31(36)35(26-12-8-5-9-13-26)32(39-29)34-25-10-6-4-7-11-25/h14-20,25-26H,3-13,21H2,1-2H3. The number of rotatable bonds is 8. The quantitative estimate of drug-likeness (QED) is 0.211. The van der Waals surface area contributed by atoms with Gasteiger partial charge < -0.3 is 9.47 Å². The molecule has 208 valence electrons. The van der Waals surface area contributed by atoms with Crippen LogP contribution in [0, 0.1) is 10.5 Å². The molecule has 0 atom stereocenters. The molecule has 1 aliphatic heterocycles. The molecule has 0 spiro atoms. The SMILES string of the molecule is CCOc1cc(C=C2SC(=NC3CCCCC3)N(C3CCCCC3)C2=O)cc(I)c1OCc1ccc(C)cc1. The Bertz CT molecular complexity index is 1210. The molecule has 2 aliphatic carbocycles. The Kier molecular flexibility index (Phi) is 9.93. The van der Waals surface area contributed by atoms with Crippen molar-refractivity contribution in [1.29, 1.82) is 0 Å². The Hall–Kier alpha value is -2.00. The third-order valence-electron chi connectivity index (χ3n) is 7.78. The summed E-state index contributed by atoms with van der Waals surface area (Å²) in [5, 5.41) is 0.919. The third-order valence-corrected chi connectivity index (χ3v) is 9.58. The molecule has 2 aromatic carbocycles. The van der Waals surface area contributed by atoms with Crippen LogP contribution in [-0.4, -0.2) is 34.7 Å². The molecule has 1 amide bonds. The Morgan fingerprint density at radius 2 is 1.69 bits per heavy atom. The largest absolute Gasteiger partial charge is 0.490 e. The summed E-state index contributed by atoms with van der Waals surface area (Å²) in [5.74, 6) is 1.56. The normalized spacial score (nSPS) is 21.2. The molecular formula is C32H39IN2O3S. The monoisotopic (exact) mass is 658 g/mol. The number of halogens is 1. The van der Waals surface area contributed by atoms with Crippen LogP contribution >= 0.6 is 34.4 Å². The number of benzene rings is 2. The topological polar surface area (TPSA) is 51.1 Å². The van der Waals surface area contributed by atoms with Crippen molar-refractivity contribution in [3.63, 3.8) is 0 Å². The molecule has 0 unspecified atom stereocenters. The van der Waals surface area contributed by atoms with Crippen LogP contribution in [0.25, 0.3) is 6.08 Å². The Morgan fingerprint density at radius 1 is 1.00 bits per heavy atom. The van der Waals surface area contributed by atoms with Gasteiger partial charge in [0.1, 0.15) is 6.61 Å². The second-order valence-electron chi connectivity index (χ2n) is 10.8. The number of aryl methyl sites for hydroxylation is 1. The van der Waals surface area contributed by atoms with E-state index in [1.54, 1.807) is 11.8 Å². The molecule has 2 aromatic rings. The van der Waals surface area contributed by atoms with Crippen molar-refractivity contribution in [2.24, 2.45) is 4.99 Å². The predicted molar refractivity (Wildman–Crippen MR) is 169 cm³/mol. The zero-order valence-electron chi connectivity index (χ0n) is 23.1. The Labute approximate surface area is 251 Å². The van der Waals surface area contributed by atoms with Gasteiger partial charge in [-0.3, -0.25) is 14.7 Å². The maximum atomic E-state index is 13.8. The van der Waals surface area contributed by atoms with Crippen LogP contribution in [0.3, 0.4) is 0 Å². The summed E-state index contributed by atoms with van der Waals surface area (Å²) in [6.45, 7) is 5.08. The van der Waals surface area contributed by atoms with E-state index >= 15 is 0 Å². The van der Waals surface area contributed by atoms with E-state index in [-0.39, 0.29) is 11.9 Å². The minimum atomic E-state index is 0.106. The number of hydrogen-bond acceptors (Lipinski definition) is 5. The fraction of sp³-hybridized carbons (Fsp3) is 0.500. The Balaban J connectivity index is 1.41. The molecule has 1 heterocycles. The van der Waals surface area contributed by atoms with Crippen molar-refractivity contribution in [2.45, 2.75) is 96.7 Å². The number of carbonyl (C=O) groups excluding carboxylic acids is 1. The molecule has 0 bridgehead atoms. The lowest BCUT2D eigenvalue weighted by Crippen LogP contribution is -2.41. The first-order valence-electron chi connectivity index (χ1n) is 14.5. The second kappa shape index (κ2) is 13.6. The van der Waals surface area contributed by atoms with E-state index in [0.717, 1.165) is 56.2 Å². The number of carbonyl (C=O) groups is 1. The average Bonchev–Trinajstić information content (AvgIpc) is 3.24. The highest BCUT2D eigenvalue weighted by atomic mass is 127. The van der Waals surface area contributed by atoms with Crippen molar-refractivity contribution >= 4 is 51.5 Å². The molecule has 1 saturated heterocycles. The second-order valence-corrected chi connectivity index (χ2v) is 13.0. The molecule has 7 heteroatoms. The van der Waals surface area contributed by atoms with Crippen molar-refractivity contribution in [1.82, 2.24) is 4.90 Å². The zero-order valence-corrected chi connectivity index (χ0v) is 26.1. The van der Waals surface area contributed by atoms with E-state index in [4.69, 9.17) is 14.5 Å². The van der Waals surface area contributed by atoms with Gasteiger partial charge in [0.25, 0.3) is 5.91 Å². The van der Waals surface area contributed by atoms with Crippen LogP contribution < -0.4 is 9.47 Å². The summed E-state index contributed by atoms with van der Waals surface area (Å²) in [7, 11) is 0. The van der Waals surface area contributed by atoms with Gasteiger partial charge in [-0.2, -0.15) is 0 Å². The van der Waals surface area contributed by atoms with Gasteiger partial charge in [0.15, 0.2) is 16.7 Å². The smallest absolute Gasteiger partial charge is 0.266 e. The van der Waals surface area contributed by atoms with Crippen LogP contribution in [0.4, 0.5) is 0 Å². The maximum absolute atomic E-state index is 13.8. The first-order valence-corrected chi connectivity index (χ1v) is 16.4. The van der Waals surface area contributed by atoms with Crippen LogP contribution in [0.1, 0.15) is 87.8 Å². The highest BCUT2D eigenvalue weighted by Crippen LogP contribution is 2.40. The van der Waals surface area contributed by atoms with Crippen LogP contribution in [0.15, 0.2) is 46.3 Å². The number of nitrogens with zero attached hydrogens (tertiary/aromatic N) is 2. The number of aliphatic imine (C=N–C) groups is 1. The number of amides is 1. The lowest BCUT2D eigenvalue weighted by molar-refractivity contribution is -0.124. The van der Waals surface area contributed by atoms with Gasteiger partial charge in [0.2, 0.25) is 0 Å². The zero-order chi connectivity index (χ0) is 27.2. The summed E-state index contributed by atoms with van der Waals surface area (Å²) in [5.41, 5.74) is 3.29. The lowest BCUT2D eigenvalue weighted by Gasteiger charge is -2.31. The summed E-state index contributed by atoms with van der Waals surface area (Å²) in [4.78, 5) is 21.8. The van der Waals surface area contributed by atoms with Gasteiger partial charge in [0, 0.05) is 6.04 Å². The fourth-order valence-corrected chi connectivity index (χ4v) is 7.56. The first-order chi connectivity index (χ1) is 19.0. The number of thioether (sulfide) groups is 1. The van der Waals surface area contributed by atoms with Gasteiger partial charge in [0.05, 0.1) is 21.1 Å². The average molecular weight is 659 g/mol. The first kappa shape index (κ1) is 28.5. The highest BCUT2D eigenvalue weighted by Gasteiger charge is 2.39. The van der Waals surface area contributed by atoms with Crippen molar-refractivity contribution < 1.29 is 14.3 Å². The van der Waals surface area contributed by atoms with Crippen LogP contribution in [0.5, 0.6) is 11.5 Å². The van der Waals surface area contributed by atoms with Crippen molar-refractivity contribution in [3.05, 3.63) is 61.6 Å².